The van der Waals surface area contributed by atoms with Gasteiger partial charge >= 0.3 is 6.09 Å². The normalized spacial score (nSPS) is 21.7. The van der Waals surface area contributed by atoms with Crippen LogP contribution in [0.4, 0.5) is 4.79 Å². The Morgan fingerprint density at radius 3 is 2.94 bits per heavy atom. The number of hydrogen-bond acceptors (Lipinski definition) is 6. The van der Waals surface area contributed by atoms with E-state index in [0.717, 1.165) is 12.3 Å². The number of morpholine rings is 1. The summed E-state index contributed by atoms with van der Waals surface area (Å²) in [4.78, 5) is 15.8. The second-order valence-corrected chi connectivity index (χ2v) is 4.50. The molecule has 0 bridgehead atoms. The van der Waals surface area contributed by atoms with Crippen LogP contribution in [0, 0.1) is 0 Å². The number of carbonyl (C=O) groups is 1. The third kappa shape index (κ3) is 2.87. The van der Waals surface area contributed by atoms with Gasteiger partial charge in [0.15, 0.2) is 0 Å². The first-order chi connectivity index (χ1) is 7.77. The van der Waals surface area contributed by atoms with Crippen molar-refractivity contribution in [2.45, 2.75) is 0 Å². The molecule has 1 saturated heterocycles. The molecule has 0 aliphatic carbocycles. The molecule has 2 heterocycles. The maximum Gasteiger partial charge on any atom is 0.431 e. The molecule has 90 valence electrons. The molecule has 2 aliphatic rings. The van der Waals surface area contributed by atoms with Gasteiger partial charge in [0.25, 0.3) is 5.23 Å². The van der Waals surface area contributed by atoms with E-state index in [9.17, 15) is 4.79 Å². The van der Waals surface area contributed by atoms with Crippen LogP contribution in [0.2, 0.25) is 0 Å². The lowest BCUT2D eigenvalue weighted by Gasteiger charge is -2.33. The summed E-state index contributed by atoms with van der Waals surface area (Å²) in [7, 11) is 1.70. The Labute approximate surface area is 98.5 Å². The molecule has 6 nitrogen and oxygen atoms in total. The van der Waals surface area contributed by atoms with Crippen molar-refractivity contribution in [3.8, 4) is 0 Å². The number of nitrogens with zero attached hydrogens (tertiary/aromatic N) is 3. The molecule has 0 radical (unpaired) electrons. The van der Waals surface area contributed by atoms with E-state index < -0.39 is 0 Å². The largest absolute Gasteiger partial charge is 0.431 e. The first-order valence-electron chi connectivity index (χ1n) is 5.23. The average molecular weight is 245 g/mol. The van der Waals surface area contributed by atoms with Crippen molar-refractivity contribution < 1.29 is 14.3 Å². The minimum Gasteiger partial charge on any atom is -0.384 e. The second-order valence-electron chi connectivity index (χ2n) is 3.45. The van der Waals surface area contributed by atoms with E-state index in [1.165, 1.54) is 16.8 Å². The highest BCUT2D eigenvalue weighted by Crippen LogP contribution is 2.14. The Morgan fingerprint density at radius 2 is 2.31 bits per heavy atom. The SMILES string of the molecule is CN(C(=O)OC1=NCCS1)N1CCOCC1. The van der Waals surface area contributed by atoms with Crippen LogP contribution in [0.5, 0.6) is 0 Å². The number of rotatable bonds is 1. The van der Waals surface area contributed by atoms with Crippen LogP contribution in [0.1, 0.15) is 0 Å². The van der Waals surface area contributed by atoms with Gasteiger partial charge in [0, 0.05) is 25.9 Å². The number of aliphatic imine (C=N–C) groups is 1. The standard InChI is InChI=1S/C9H15N3O3S/c1-11(12-3-5-14-6-4-12)9(13)15-8-10-2-7-16-8/h2-7H2,1H3. The number of ether oxygens (including phenoxy) is 2. The number of hydrazine groups is 1. The van der Waals surface area contributed by atoms with Crippen molar-refractivity contribution in [2.24, 2.45) is 4.99 Å². The van der Waals surface area contributed by atoms with Gasteiger partial charge in [-0.25, -0.2) is 19.8 Å². The predicted octanol–water partition coefficient (Wildman–Crippen LogP) is 0.405. The molecule has 2 aliphatic heterocycles. The fourth-order valence-corrected chi connectivity index (χ4v) is 2.16. The molecule has 0 atom stereocenters. The van der Waals surface area contributed by atoms with Gasteiger partial charge in [-0.1, -0.05) is 11.8 Å². The lowest BCUT2D eigenvalue weighted by molar-refractivity contribution is -0.0596. The van der Waals surface area contributed by atoms with E-state index in [0.29, 0.717) is 31.5 Å². The molecule has 0 aromatic carbocycles. The summed E-state index contributed by atoms with van der Waals surface area (Å²) in [5.41, 5.74) is 0. The van der Waals surface area contributed by atoms with Crippen LogP contribution in [0.15, 0.2) is 4.99 Å². The van der Waals surface area contributed by atoms with Gasteiger partial charge in [-0.2, -0.15) is 0 Å². The van der Waals surface area contributed by atoms with E-state index in [1.54, 1.807) is 7.05 Å². The molecule has 1 amide bonds. The van der Waals surface area contributed by atoms with Gasteiger partial charge in [0.05, 0.1) is 19.8 Å². The Kier molecular flexibility index (Phi) is 4.03. The molecular weight excluding hydrogens is 230 g/mol. The van der Waals surface area contributed by atoms with Crippen molar-refractivity contribution >= 4 is 23.1 Å². The van der Waals surface area contributed by atoms with E-state index in [-0.39, 0.29) is 6.09 Å². The molecular formula is C9H15N3O3S. The number of amides is 1. The van der Waals surface area contributed by atoms with Crippen LogP contribution in [-0.4, -0.2) is 67.0 Å². The molecule has 1 fully saturated rings. The van der Waals surface area contributed by atoms with Crippen LogP contribution < -0.4 is 0 Å². The molecule has 7 heteroatoms. The molecule has 0 saturated carbocycles. The van der Waals surface area contributed by atoms with Gasteiger partial charge in [0.1, 0.15) is 0 Å². The minimum absolute atomic E-state index is 0.380. The lowest BCUT2D eigenvalue weighted by atomic mass is 10.5. The Morgan fingerprint density at radius 1 is 1.56 bits per heavy atom. The minimum atomic E-state index is -0.380. The smallest absolute Gasteiger partial charge is 0.384 e. The second kappa shape index (κ2) is 5.51. The van der Waals surface area contributed by atoms with Crippen molar-refractivity contribution in [1.29, 1.82) is 0 Å². The number of thioether (sulfide) groups is 1. The zero-order chi connectivity index (χ0) is 11.4. The van der Waals surface area contributed by atoms with Crippen LogP contribution >= 0.6 is 11.8 Å². The average Bonchev–Trinajstić information content (AvgIpc) is 2.82. The van der Waals surface area contributed by atoms with Gasteiger partial charge < -0.3 is 9.47 Å². The van der Waals surface area contributed by atoms with Crippen molar-refractivity contribution in [1.82, 2.24) is 10.0 Å². The highest BCUT2D eigenvalue weighted by atomic mass is 32.2. The zero-order valence-corrected chi connectivity index (χ0v) is 10.0. The maximum atomic E-state index is 11.7. The zero-order valence-electron chi connectivity index (χ0n) is 9.22. The quantitative estimate of drug-likeness (QED) is 0.669. The topological polar surface area (TPSA) is 54.4 Å². The molecule has 0 aromatic rings. The van der Waals surface area contributed by atoms with E-state index in [2.05, 4.69) is 4.99 Å². The monoisotopic (exact) mass is 245 g/mol. The number of carbonyl (C=O) groups excluding carboxylic acids is 1. The van der Waals surface area contributed by atoms with Crippen LogP contribution in [0.3, 0.4) is 0 Å². The van der Waals surface area contributed by atoms with Gasteiger partial charge in [0.2, 0.25) is 0 Å². The Bertz CT molecular complexity index is 292. The summed E-state index contributed by atoms with van der Waals surface area (Å²) in [6.45, 7) is 3.45. The van der Waals surface area contributed by atoms with Crippen molar-refractivity contribution in [3.63, 3.8) is 0 Å². The Balaban J connectivity index is 1.83. The third-order valence-electron chi connectivity index (χ3n) is 2.41. The summed E-state index contributed by atoms with van der Waals surface area (Å²) < 4.78 is 10.4. The summed E-state index contributed by atoms with van der Waals surface area (Å²) >= 11 is 1.47. The molecule has 0 spiro atoms. The maximum absolute atomic E-state index is 11.7. The molecule has 0 aromatic heterocycles. The van der Waals surface area contributed by atoms with E-state index in [1.807, 2.05) is 5.01 Å². The number of hydrogen-bond donors (Lipinski definition) is 0. The van der Waals surface area contributed by atoms with Crippen molar-refractivity contribution in [3.05, 3.63) is 0 Å². The Hall–Kier alpha value is -0.790. The first kappa shape index (κ1) is 11.7. The van der Waals surface area contributed by atoms with Crippen LogP contribution in [0.25, 0.3) is 0 Å². The molecule has 16 heavy (non-hydrogen) atoms. The first-order valence-corrected chi connectivity index (χ1v) is 6.21. The van der Waals surface area contributed by atoms with E-state index in [4.69, 9.17) is 9.47 Å². The summed E-state index contributed by atoms with van der Waals surface area (Å²) in [6.07, 6.45) is -0.380. The van der Waals surface area contributed by atoms with Gasteiger partial charge in [-0.15, -0.1) is 0 Å². The van der Waals surface area contributed by atoms with Gasteiger partial charge in [-0.3, -0.25) is 0 Å². The fourth-order valence-electron chi connectivity index (χ4n) is 1.49. The highest BCUT2D eigenvalue weighted by Gasteiger charge is 2.23. The van der Waals surface area contributed by atoms with E-state index >= 15 is 0 Å². The van der Waals surface area contributed by atoms with Crippen molar-refractivity contribution in [2.75, 3.05) is 45.6 Å². The van der Waals surface area contributed by atoms with Gasteiger partial charge in [-0.05, 0) is 0 Å². The fraction of sp³-hybridized carbons (Fsp3) is 0.778. The molecule has 0 N–H and O–H groups in total. The molecule has 0 unspecified atom stereocenters. The summed E-state index contributed by atoms with van der Waals surface area (Å²) in [5.74, 6) is 0.893. The molecule has 2 rings (SSSR count). The third-order valence-corrected chi connectivity index (χ3v) is 3.25. The van der Waals surface area contributed by atoms with Crippen LogP contribution in [-0.2, 0) is 9.47 Å². The lowest BCUT2D eigenvalue weighted by Crippen LogP contribution is -2.49. The summed E-state index contributed by atoms with van der Waals surface area (Å²) in [5, 5.41) is 3.88. The highest BCUT2D eigenvalue weighted by molar-refractivity contribution is 8.13. The summed E-state index contributed by atoms with van der Waals surface area (Å²) in [6, 6.07) is 0. The predicted molar refractivity (Wildman–Crippen MR) is 61.4 cm³/mol.